The van der Waals surface area contributed by atoms with Crippen molar-refractivity contribution in [3.63, 3.8) is 0 Å². The number of anilines is 1. The molecule has 0 fully saturated rings. The van der Waals surface area contributed by atoms with Crippen molar-refractivity contribution in [3.8, 4) is 5.88 Å². The zero-order chi connectivity index (χ0) is 10.5. The van der Waals surface area contributed by atoms with E-state index in [-0.39, 0.29) is 0 Å². The fraction of sp³-hybridized carbons (Fsp3) is 0.0833. The second-order valence-electron chi connectivity index (χ2n) is 3.19. The Morgan fingerprint density at radius 1 is 1.00 bits per heavy atom. The number of aromatic nitrogens is 1. The van der Waals surface area contributed by atoms with Crippen molar-refractivity contribution in [2.75, 3.05) is 5.48 Å². The fourth-order valence-electron chi connectivity index (χ4n) is 1.19. The Hall–Kier alpha value is -2.03. The minimum absolute atomic E-state index is 0.568. The van der Waals surface area contributed by atoms with Crippen LogP contribution in [0.5, 0.6) is 5.88 Å². The van der Waals surface area contributed by atoms with E-state index in [1.807, 2.05) is 55.5 Å². The summed E-state index contributed by atoms with van der Waals surface area (Å²) in [6.45, 7) is 1.93. The number of hydrogen-bond donors (Lipinski definition) is 1. The third-order valence-electron chi connectivity index (χ3n) is 1.91. The van der Waals surface area contributed by atoms with Crippen LogP contribution in [0.15, 0.2) is 48.5 Å². The van der Waals surface area contributed by atoms with E-state index in [0.29, 0.717) is 5.88 Å². The van der Waals surface area contributed by atoms with Crippen LogP contribution in [-0.2, 0) is 0 Å². The normalized spacial score (nSPS) is 9.67. The molecule has 1 aromatic heterocycles. The first-order valence-electron chi connectivity index (χ1n) is 4.76. The molecule has 3 nitrogen and oxygen atoms in total. The summed E-state index contributed by atoms with van der Waals surface area (Å²) in [5.41, 5.74) is 4.66. The highest BCUT2D eigenvalue weighted by Crippen LogP contribution is 2.09. The van der Waals surface area contributed by atoms with Crippen LogP contribution in [0.2, 0.25) is 0 Å². The molecule has 0 unspecified atom stereocenters. The first-order valence-corrected chi connectivity index (χ1v) is 4.76. The van der Waals surface area contributed by atoms with Gasteiger partial charge in [0.2, 0.25) is 5.88 Å². The molecular formula is C12H12N2O. The van der Waals surface area contributed by atoms with E-state index in [0.717, 1.165) is 11.4 Å². The van der Waals surface area contributed by atoms with Gasteiger partial charge in [0.1, 0.15) is 0 Å². The van der Waals surface area contributed by atoms with E-state index >= 15 is 0 Å². The molecule has 0 aliphatic heterocycles. The summed E-state index contributed by atoms with van der Waals surface area (Å²) in [7, 11) is 0. The van der Waals surface area contributed by atoms with Gasteiger partial charge in [-0.3, -0.25) is 0 Å². The monoisotopic (exact) mass is 200 g/mol. The van der Waals surface area contributed by atoms with Gasteiger partial charge in [-0.05, 0) is 25.1 Å². The minimum atomic E-state index is 0.568. The van der Waals surface area contributed by atoms with E-state index in [9.17, 15) is 0 Å². The van der Waals surface area contributed by atoms with Gasteiger partial charge in [-0.15, -0.1) is 0 Å². The predicted octanol–water partition coefficient (Wildman–Crippen LogP) is 2.80. The Bertz CT molecular complexity index is 429. The lowest BCUT2D eigenvalue weighted by atomic mass is 10.3. The highest BCUT2D eigenvalue weighted by Gasteiger charge is 1.95. The molecule has 0 aliphatic carbocycles. The van der Waals surface area contributed by atoms with Gasteiger partial charge < -0.3 is 4.84 Å². The topological polar surface area (TPSA) is 34.1 Å². The zero-order valence-corrected chi connectivity index (χ0v) is 8.47. The van der Waals surface area contributed by atoms with E-state index in [4.69, 9.17) is 4.84 Å². The molecule has 76 valence electrons. The quantitative estimate of drug-likeness (QED) is 0.773. The molecule has 0 saturated carbocycles. The van der Waals surface area contributed by atoms with Crippen LogP contribution in [0.25, 0.3) is 0 Å². The van der Waals surface area contributed by atoms with Crippen molar-refractivity contribution >= 4 is 5.69 Å². The summed E-state index contributed by atoms with van der Waals surface area (Å²) < 4.78 is 0. The Morgan fingerprint density at radius 2 is 1.80 bits per heavy atom. The molecule has 2 rings (SSSR count). The maximum absolute atomic E-state index is 5.31. The van der Waals surface area contributed by atoms with Gasteiger partial charge in [-0.1, -0.05) is 24.3 Å². The van der Waals surface area contributed by atoms with E-state index < -0.39 is 0 Å². The first kappa shape index (κ1) is 9.52. The van der Waals surface area contributed by atoms with Crippen LogP contribution >= 0.6 is 0 Å². The number of hydrogen-bond acceptors (Lipinski definition) is 3. The number of nitrogens with zero attached hydrogens (tertiary/aromatic N) is 1. The van der Waals surface area contributed by atoms with Crippen molar-refractivity contribution in [2.45, 2.75) is 6.92 Å². The maximum atomic E-state index is 5.31. The minimum Gasteiger partial charge on any atom is -0.362 e. The first-order chi connectivity index (χ1) is 7.34. The molecule has 15 heavy (non-hydrogen) atoms. The van der Waals surface area contributed by atoms with Gasteiger partial charge in [-0.25, -0.2) is 10.5 Å². The summed E-state index contributed by atoms with van der Waals surface area (Å²) in [5, 5.41) is 0. The lowest BCUT2D eigenvalue weighted by Gasteiger charge is -2.06. The van der Waals surface area contributed by atoms with Crippen LogP contribution < -0.4 is 10.3 Å². The average Bonchev–Trinajstić information content (AvgIpc) is 2.28. The third-order valence-corrected chi connectivity index (χ3v) is 1.91. The molecular weight excluding hydrogens is 188 g/mol. The molecule has 1 aromatic carbocycles. The number of pyridine rings is 1. The Morgan fingerprint density at radius 3 is 2.53 bits per heavy atom. The number of nitrogens with one attached hydrogen (secondary N) is 1. The number of aryl methyl sites for hydroxylation is 1. The summed E-state index contributed by atoms with van der Waals surface area (Å²) in [4.78, 5) is 9.52. The molecule has 0 aliphatic rings. The third kappa shape index (κ3) is 2.71. The van der Waals surface area contributed by atoms with E-state index in [1.54, 1.807) is 0 Å². The standard InChI is InChI=1S/C12H12N2O/c1-10-6-5-9-12(13-10)15-14-11-7-3-2-4-8-11/h2-9,14H,1H3. The van der Waals surface area contributed by atoms with Crippen molar-refractivity contribution in [2.24, 2.45) is 0 Å². The molecule has 0 saturated heterocycles. The highest BCUT2D eigenvalue weighted by molar-refractivity contribution is 5.40. The van der Waals surface area contributed by atoms with Gasteiger partial charge in [0.15, 0.2) is 0 Å². The highest BCUT2D eigenvalue weighted by atomic mass is 16.7. The Kier molecular flexibility index (Phi) is 2.83. The summed E-state index contributed by atoms with van der Waals surface area (Å²) >= 11 is 0. The lowest BCUT2D eigenvalue weighted by Crippen LogP contribution is -2.05. The maximum Gasteiger partial charge on any atom is 0.245 e. The van der Waals surface area contributed by atoms with Crippen LogP contribution in [0.4, 0.5) is 5.69 Å². The SMILES string of the molecule is Cc1cccc(ONc2ccccc2)n1. The second kappa shape index (κ2) is 4.46. The lowest BCUT2D eigenvalue weighted by molar-refractivity contribution is 0.388. The molecule has 0 amide bonds. The molecule has 1 N–H and O–H groups in total. The Balaban J connectivity index is 1.99. The van der Waals surface area contributed by atoms with Crippen LogP contribution in [0.1, 0.15) is 5.69 Å². The Labute approximate surface area is 88.7 Å². The summed E-state index contributed by atoms with van der Waals surface area (Å²) in [6, 6.07) is 15.3. The molecule has 3 heteroatoms. The molecule has 1 heterocycles. The number of para-hydroxylation sites is 1. The smallest absolute Gasteiger partial charge is 0.245 e. The van der Waals surface area contributed by atoms with E-state index in [2.05, 4.69) is 10.5 Å². The van der Waals surface area contributed by atoms with Gasteiger partial charge in [0.05, 0.1) is 5.69 Å². The molecule has 0 atom stereocenters. The largest absolute Gasteiger partial charge is 0.362 e. The summed E-state index contributed by atoms with van der Waals surface area (Å²) in [5.74, 6) is 0.568. The fourth-order valence-corrected chi connectivity index (χ4v) is 1.19. The summed E-state index contributed by atoms with van der Waals surface area (Å²) in [6.07, 6.45) is 0. The molecule has 0 bridgehead atoms. The number of benzene rings is 1. The van der Waals surface area contributed by atoms with Crippen molar-refractivity contribution in [1.82, 2.24) is 4.98 Å². The average molecular weight is 200 g/mol. The van der Waals surface area contributed by atoms with Gasteiger partial charge in [-0.2, -0.15) is 0 Å². The van der Waals surface area contributed by atoms with Crippen molar-refractivity contribution < 1.29 is 4.84 Å². The van der Waals surface area contributed by atoms with Crippen molar-refractivity contribution in [3.05, 3.63) is 54.2 Å². The number of rotatable bonds is 3. The van der Waals surface area contributed by atoms with Crippen LogP contribution in [-0.4, -0.2) is 4.98 Å². The van der Waals surface area contributed by atoms with Gasteiger partial charge in [0, 0.05) is 11.8 Å². The second-order valence-corrected chi connectivity index (χ2v) is 3.19. The van der Waals surface area contributed by atoms with Crippen LogP contribution in [0, 0.1) is 6.92 Å². The molecule has 2 aromatic rings. The van der Waals surface area contributed by atoms with E-state index in [1.165, 1.54) is 0 Å². The predicted molar refractivity (Wildman–Crippen MR) is 59.7 cm³/mol. The van der Waals surface area contributed by atoms with Crippen molar-refractivity contribution in [1.29, 1.82) is 0 Å². The van der Waals surface area contributed by atoms with Gasteiger partial charge >= 0.3 is 0 Å². The van der Waals surface area contributed by atoms with Crippen LogP contribution in [0.3, 0.4) is 0 Å². The van der Waals surface area contributed by atoms with Gasteiger partial charge in [0.25, 0.3) is 0 Å². The molecule has 0 radical (unpaired) electrons. The molecule has 0 spiro atoms. The zero-order valence-electron chi connectivity index (χ0n) is 8.47.